The Bertz CT molecular complexity index is 620. The molecule has 2 aromatic carbocycles. The van der Waals surface area contributed by atoms with Gasteiger partial charge >= 0.3 is 0 Å². The quantitative estimate of drug-likeness (QED) is 0.771. The van der Waals surface area contributed by atoms with E-state index in [-0.39, 0.29) is 17.9 Å². The molecule has 1 aliphatic heterocycles. The van der Waals surface area contributed by atoms with Gasteiger partial charge in [0, 0.05) is 18.7 Å². The van der Waals surface area contributed by atoms with Crippen molar-refractivity contribution in [2.24, 2.45) is 4.99 Å². The van der Waals surface area contributed by atoms with E-state index < -0.39 is 0 Å². The van der Waals surface area contributed by atoms with Crippen LogP contribution in [0.3, 0.4) is 0 Å². The molecule has 2 aromatic rings. The number of benzene rings is 2. The highest BCUT2D eigenvalue weighted by atomic mass is 35.5. The fourth-order valence-electron chi connectivity index (χ4n) is 2.78. The van der Waals surface area contributed by atoms with Crippen LogP contribution >= 0.6 is 12.4 Å². The SMILES string of the molecule is CC1(C)CCC(N(Cc2ccccc2)c2ccccc2)=N1.Cl. The lowest BCUT2D eigenvalue weighted by molar-refractivity contribution is 0.522. The predicted octanol–water partition coefficient (Wildman–Crippen LogP) is 5.09. The Balaban J connectivity index is 0.00000176. The van der Waals surface area contributed by atoms with Crippen molar-refractivity contribution in [1.29, 1.82) is 0 Å². The Morgan fingerprint density at radius 3 is 2.09 bits per heavy atom. The van der Waals surface area contributed by atoms with Gasteiger partial charge in [-0.05, 0) is 38.0 Å². The average Bonchev–Trinajstić information content (AvgIpc) is 2.87. The van der Waals surface area contributed by atoms with Crippen molar-refractivity contribution in [1.82, 2.24) is 0 Å². The van der Waals surface area contributed by atoms with E-state index in [9.17, 15) is 0 Å². The van der Waals surface area contributed by atoms with Gasteiger partial charge in [-0.2, -0.15) is 0 Å². The minimum absolute atomic E-state index is 0. The van der Waals surface area contributed by atoms with Crippen molar-refractivity contribution in [3.63, 3.8) is 0 Å². The Labute approximate surface area is 139 Å². The van der Waals surface area contributed by atoms with Crippen molar-refractivity contribution in [3.8, 4) is 0 Å². The van der Waals surface area contributed by atoms with Crippen LogP contribution in [0.1, 0.15) is 32.3 Å². The molecule has 3 heteroatoms. The molecule has 2 nitrogen and oxygen atoms in total. The molecule has 0 spiro atoms. The molecule has 0 N–H and O–H groups in total. The third-order valence-corrected chi connectivity index (χ3v) is 3.96. The molecule has 22 heavy (non-hydrogen) atoms. The highest BCUT2D eigenvalue weighted by Crippen LogP contribution is 2.29. The summed E-state index contributed by atoms with van der Waals surface area (Å²) >= 11 is 0. The summed E-state index contributed by atoms with van der Waals surface area (Å²) in [5.74, 6) is 1.20. The van der Waals surface area contributed by atoms with E-state index in [1.807, 2.05) is 0 Å². The summed E-state index contributed by atoms with van der Waals surface area (Å²) in [4.78, 5) is 7.29. The van der Waals surface area contributed by atoms with Crippen molar-refractivity contribution in [2.45, 2.75) is 38.8 Å². The second-order valence-electron chi connectivity index (χ2n) is 6.25. The van der Waals surface area contributed by atoms with Crippen molar-refractivity contribution < 1.29 is 0 Å². The van der Waals surface area contributed by atoms with E-state index in [0.717, 1.165) is 19.4 Å². The van der Waals surface area contributed by atoms with E-state index in [1.165, 1.54) is 17.1 Å². The summed E-state index contributed by atoms with van der Waals surface area (Å²) in [5, 5.41) is 0. The Hall–Kier alpha value is -1.80. The first kappa shape index (κ1) is 16.6. The van der Waals surface area contributed by atoms with Crippen LogP contribution in [0.5, 0.6) is 0 Å². The number of hydrogen-bond acceptors (Lipinski definition) is 2. The Morgan fingerprint density at radius 2 is 1.55 bits per heavy atom. The predicted molar refractivity (Wildman–Crippen MR) is 97.1 cm³/mol. The van der Waals surface area contributed by atoms with Gasteiger partial charge < -0.3 is 4.90 Å². The molecule has 0 aromatic heterocycles. The summed E-state index contributed by atoms with van der Waals surface area (Å²) in [7, 11) is 0. The van der Waals surface area contributed by atoms with Crippen LogP contribution in [0.25, 0.3) is 0 Å². The van der Waals surface area contributed by atoms with E-state index in [0.29, 0.717) is 0 Å². The van der Waals surface area contributed by atoms with Gasteiger partial charge in [0.25, 0.3) is 0 Å². The second kappa shape index (κ2) is 6.97. The molecule has 0 atom stereocenters. The number of aliphatic imine (C=N–C) groups is 1. The number of halogens is 1. The molecule has 116 valence electrons. The fourth-order valence-corrected chi connectivity index (χ4v) is 2.78. The monoisotopic (exact) mass is 314 g/mol. The molecule has 0 aliphatic carbocycles. The molecular weight excluding hydrogens is 292 g/mol. The van der Waals surface area contributed by atoms with Crippen molar-refractivity contribution in [2.75, 3.05) is 4.90 Å². The van der Waals surface area contributed by atoms with Crippen LogP contribution in [-0.2, 0) is 6.54 Å². The maximum atomic E-state index is 4.94. The first-order chi connectivity index (χ1) is 10.1. The topological polar surface area (TPSA) is 15.6 Å². The zero-order valence-corrected chi connectivity index (χ0v) is 14.0. The van der Waals surface area contributed by atoms with Gasteiger partial charge in [0.05, 0.1) is 5.54 Å². The number of nitrogens with zero attached hydrogens (tertiary/aromatic N) is 2. The second-order valence-corrected chi connectivity index (χ2v) is 6.25. The van der Waals surface area contributed by atoms with E-state index in [1.54, 1.807) is 0 Å². The molecule has 0 bridgehead atoms. The third kappa shape index (κ3) is 3.89. The molecule has 0 fully saturated rings. The first-order valence-electron chi connectivity index (χ1n) is 7.59. The molecule has 1 heterocycles. The van der Waals surface area contributed by atoms with Crippen LogP contribution in [0.2, 0.25) is 0 Å². The summed E-state index contributed by atoms with van der Waals surface area (Å²) in [6.07, 6.45) is 2.18. The number of hydrogen-bond donors (Lipinski definition) is 0. The van der Waals surface area contributed by atoms with E-state index in [2.05, 4.69) is 79.4 Å². The van der Waals surface area contributed by atoms with Gasteiger partial charge in [-0.3, -0.25) is 4.99 Å². The highest BCUT2D eigenvalue weighted by molar-refractivity contribution is 5.99. The minimum Gasteiger partial charge on any atom is -0.326 e. The lowest BCUT2D eigenvalue weighted by Gasteiger charge is -2.25. The van der Waals surface area contributed by atoms with Crippen molar-refractivity contribution >= 4 is 23.9 Å². The standard InChI is InChI=1S/C19H22N2.ClH/c1-19(2)14-13-18(20-19)21(17-11-7-4-8-12-17)15-16-9-5-3-6-10-16;/h3-12H,13-15H2,1-2H3;1H. The molecule has 0 radical (unpaired) electrons. The number of anilines is 1. The molecule has 0 saturated carbocycles. The fraction of sp³-hybridized carbons (Fsp3) is 0.316. The molecular formula is C19H23ClN2. The zero-order chi connectivity index (χ0) is 14.7. The average molecular weight is 315 g/mol. The number of amidine groups is 1. The van der Waals surface area contributed by atoms with E-state index >= 15 is 0 Å². The summed E-state index contributed by atoms with van der Waals surface area (Å²) in [6.45, 7) is 5.30. The third-order valence-electron chi connectivity index (χ3n) is 3.96. The van der Waals surface area contributed by atoms with Gasteiger partial charge in [0.2, 0.25) is 0 Å². The lowest BCUT2D eigenvalue weighted by atomic mass is 10.0. The maximum Gasteiger partial charge on any atom is 0.104 e. The minimum atomic E-state index is 0. The van der Waals surface area contributed by atoms with Gasteiger partial charge in [-0.25, -0.2) is 0 Å². The Morgan fingerprint density at radius 1 is 0.955 bits per heavy atom. The van der Waals surface area contributed by atoms with Crippen LogP contribution in [0, 0.1) is 0 Å². The van der Waals surface area contributed by atoms with Gasteiger partial charge in [0.15, 0.2) is 0 Å². The van der Waals surface area contributed by atoms with Crippen molar-refractivity contribution in [3.05, 3.63) is 66.2 Å². The molecule has 0 unspecified atom stereocenters. The summed E-state index contributed by atoms with van der Waals surface area (Å²) < 4.78 is 0. The molecule has 3 rings (SSSR count). The largest absolute Gasteiger partial charge is 0.326 e. The van der Waals surface area contributed by atoms with Crippen LogP contribution < -0.4 is 4.90 Å². The van der Waals surface area contributed by atoms with Gasteiger partial charge in [0.1, 0.15) is 5.84 Å². The normalized spacial score (nSPS) is 15.8. The van der Waals surface area contributed by atoms with Crippen LogP contribution in [-0.4, -0.2) is 11.4 Å². The lowest BCUT2D eigenvalue weighted by Crippen LogP contribution is -2.29. The zero-order valence-electron chi connectivity index (χ0n) is 13.2. The number of rotatable bonds is 3. The summed E-state index contributed by atoms with van der Waals surface area (Å²) in [6, 6.07) is 21.2. The summed E-state index contributed by atoms with van der Waals surface area (Å²) in [5.41, 5.74) is 2.60. The Kier molecular flexibility index (Phi) is 5.25. The van der Waals surface area contributed by atoms with E-state index in [4.69, 9.17) is 4.99 Å². The van der Waals surface area contributed by atoms with Crippen LogP contribution in [0.15, 0.2) is 65.7 Å². The molecule has 0 saturated heterocycles. The smallest absolute Gasteiger partial charge is 0.104 e. The molecule has 1 aliphatic rings. The molecule has 0 amide bonds. The van der Waals surface area contributed by atoms with Gasteiger partial charge in [-0.1, -0.05) is 48.5 Å². The highest BCUT2D eigenvalue weighted by Gasteiger charge is 2.28. The maximum absolute atomic E-state index is 4.94. The van der Waals surface area contributed by atoms with Gasteiger partial charge in [-0.15, -0.1) is 12.4 Å². The van der Waals surface area contributed by atoms with Crippen LogP contribution in [0.4, 0.5) is 5.69 Å². The number of para-hydroxylation sites is 1. The first-order valence-corrected chi connectivity index (χ1v) is 7.59.